The normalized spacial score (nSPS) is 27.2. The van der Waals surface area contributed by atoms with Crippen molar-refractivity contribution in [2.24, 2.45) is 23.1 Å². The Labute approximate surface area is 173 Å². The summed E-state index contributed by atoms with van der Waals surface area (Å²) in [4.78, 5) is 27.1. The summed E-state index contributed by atoms with van der Waals surface area (Å²) in [6.45, 7) is 3.07. The second kappa shape index (κ2) is 7.65. The summed E-state index contributed by atoms with van der Waals surface area (Å²) in [5, 5.41) is 14.6. The molecule has 164 valence electrons. The number of hydroxylamine groups is 1. The maximum atomic E-state index is 15.2. The Morgan fingerprint density at radius 1 is 1.40 bits per heavy atom. The molecule has 11 heteroatoms. The molecule has 1 aromatic carbocycles. The molecule has 2 aliphatic heterocycles. The van der Waals surface area contributed by atoms with E-state index >= 15 is 4.39 Å². The van der Waals surface area contributed by atoms with Gasteiger partial charge in [0.2, 0.25) is 6.17 Å². The first-order valence-electron chi connectivity index (χ1n) is 10.2. The SMILES string of the molecule is Cc1c(N2CCC(C(N)CNC(N)=O)C2)c(F)cc2c1N(C1CC1)C(=O)C(N)[NH+]2[O-]. The Kier molecular flexibility index (Phi) is 5.30. The third-order valence-corrected chi connectivity index (χ3v) is 6.33. The molecule has 3 aliphatic rings. The van der Waals surface area contributed by atoms with Crippen LogP contribution >= 0.6 is 0 Å². The second-order valence-electron chi connectivity index (χ2n) is 8.41. The molecule has 3 amide bonds. The summed E-state index contributed by atoms with van der Waals surface area (Å²) in [5.74, 6) is -0.890. The van der Waals surface area contributed by atoms with Crippen molar-refractivity contribution >= 4 is 29.0 Å². The first kappa shape index (κ1) is 20.8. The number of amides is 3. The number of quaternary nitrogens is 1. The maximum absolute atomic E-state index is 15.2. The van der Waals surface area contributed by atoms with Crippen LogP contribution in [-0.4, -0.2) is 49.8 Å². The number of benzene rings is 1. The van der Waals surface area contributed by atoms with Crippen LogP contribution in [0.15, 0.2) is 6.07 Å². The number of carbonyl (C=O) groups excluding carboxylic acids is 2. The number of rotatable bonds is 5. The number of nitrogens with zero attached hydrogens (tertiary/aromatic N) is 2. The van der Waals surface area contributed by atoms with Gasteiger partial charge in [0.25, 0.3) is 0 Å². The number of carbonyl (C=O) groups is 2. The third-order valence-electron chi connectivity index (χ3n) is 6.33. The van der Waals surface area contributed by atoms with E-state index in [1.54, 1.807) is 11.8 Å². The summed E-state index contributed by atoms with van der Waals surface area (Å²) in [6.07, 6.45) is 1.12. The molecular formula is C19H28FN7O3. The molecule has 2 heterocycles. The van der Waals surface area contributed by atoms with Gasteiger partial charge in [0, 0.05) is 43.3 Å². The van der Waals surface area contributed by atoms with Crippen molar-refractivity contribution in [2.75, 3.05) is 29.4 Å². The highest BCUT2D eigenvalue weighted by Crippen LogP contribution is 2.44. The van der Waals surface area contributed by atoms with Crippen LogP contribution in [0.1, 0.15) is 24.8 Å². The fourth-order valence-corrected chi connectivity index (χ4v) is 4.60. The number of nitrogens with one attached hydrogen (secondary N) is 2. The second-order valence-corrected chi connectivity index (χ2v) is 8.41. The summed E-state index contributed by atoms with van der Waals surface area (Å²) >= 11 is 0. The summed E-state index contributed by atoms with van der Waals surface area (Å²) in [6, 6.07) is 0.271. The smallest absolute Gasteiger partial charge is 0.312 e. The van der Waals surface area contributed by atoms with Gasteiger partial charge in [-0.2, -0.15) is 0 Å². The molecular weight excluding hydrogens is 393 g/mol. The molecule has 8 N–H and O–H groups in total. The lowest BCUT2D eigenvalue weighted by molar-refractivity contribution is -0.796. The van der Waals surface area contributed by atoms with Gasteiger partial charge in [-0.15, -0.1) is 0 Å². The van der Waals surface area contributed by atoms with Crippen molar-refractivity contribution in [3.05, 3.63) is 22.7 Å². The van der Waals surface area contributed by atoms with Crippen molar-refractivity contribution in [2.45, 2.75) is 44.4 Å². The van der Waals surface area contributed by atoms with Crippen LogP contribution in [0.3, 0.4) is 0 Å². The van der Waals surface area contributed by atoms with E-state index in [4.69, 9.17) is 17.2 Å². The number of fused-ring (bicyclic) bond motifs is 1. The van der Waals surface area contributed by atoms with Crippen LogP contribution in [-0.2, 0) is 4.79 Å². The van der Waals surface area contributed by atoms with E-state index in [1.165, 1.54) is 6.07 Å². The van der Waals surface area contributed by atoms with Gasteiger partial charge in [0.1, 0.15) is 5.69 Å². The van der Waals surface area contributed by atoms with Crippen LogP contribution in [0.2, 0.25) is 0 Å². The van der Waals surface area contributed by atoms with Gasteiger partial charge in [-0.3, -0.25) is 15.4 Å². The van der Waals surface area contributed by atoms with Crippen LogP contribution in [0.5, 0.6) is 0 Å². The number of halogens is 1. The molecule has 1 saturated carbocycles. The van der Waals surface area contributed by atoms with Crippen molar-refractivity contribution in [3.8, 4) is 0 Å². The molecule has 1 aromatic rings. The van der Waals surface area contributed by atoms with Gasteiger partial charge < -0.3 is 32.0 Å². The zero-order valence-electron chi connectivity index (χ0n) is 16.9. The van der Waals surface area contributed by atoms with E-state index in [0.717, 1.165) is 19.3 Å². The molecule has 1 saturated heterocycles. The zero-order valence-corrected chi connectivity index (χ0v) is 16.9. The van der Waals surface area contributed by atoms with Gasteiger partial charge in [-0.1, -0.05) is 0 Å². The predicted molar refractivity (Wildman–Crippen MR) is 109 cm³/mol. The molecule has 4 unspecified atom stereocenters. The highest BCUT2D eigenvalue weighted by molar-refractivity contribution is 6.02. The predicted octanol–water partition coefficient (Wildman–Crippen LogP) is -1.24. The first-order chi connectivity index (χ1) is 14.2. The lowest BCUT2D eigenvalue weighted by Crippen LogP contribution is -3.11. The first-order valence-corrected chi connectivity index (χ1v) is 10.2. The van der Waals surface area contributed by atoms with E-state index in [-0.39, 0.29) is 30.2 Å². The average Bonchev–Trinajstić information content (AvgIpc) is 3.42. The zero-order chi connectivity index (χ0) is 21.7. The minimum Gasteiger partial charge on any atom is -0.627 e. The molecule has 4 atom stereocenters. The molecule has 0 radical (unpaired) electrons. The molecule has 10 nitrogen and oxygen atoms in total. The van der Waals surface area contributed by atoms with Gasteiger partial charge in [-0.25, -0.2) is 9.18 Å². The summed E-state index contributed by atoms with van der Waals surface area (Å²) < 4.78 is 15.2. The Hall–Kier alpha value is -2.47. The summed E-state index contributed by atoms with van der Waals surface area (Å²) in [7, 11) is 0. The monoisotopic (exact) mass is 421 g/mol. The highest BCUT2D eigenvalue weighted by atomic mass is 19.1. The Morgan fingerprint density at radius 3 is 2.73 bits per heavy atom. The largest absolute Gasteiger partial charge is 0.627 e. The van der Waals surface area contributed by atoms with E-state index in [9.17, 15) is 14.8 Å². The van der Waals surface area contributed by atoms with Gasteiger partial charge in [0.15, 0.2) is 11.5 Å². The molecule has 1 aliphatic carbocycles. The number of anilines is 2. The minimum absolute atomic E-state index is 0.00651. The summed E-state index contributed by atoms with van der Waals surface area (Å²) in [5.41, 5.74) is 18.7. The van der Waals surface area contributed by atoms with E-state index in [0.29, 0.717) is 30.0 Å². The standard InChI is InChI=1S/C19H28FN7O3/c1-9-15(25-5-4-10(8-25)13(21)7-24-19(23)29)12(20)6-14-16(9)26(11-2-3-11)18(28)17(22)27(14)30/h6,10-11,13,17,27H,2-5,7-8,21-22H2,1H3,(H3,23,24,29). The topological polar surface area (TPSA) is 158 Å². The lowest BCUT2D eigenvalue weighted by atomic mass is 9.99. The van der Waals surface area contributed by atoms with Gasteiger partial charge in [-0.05, 0) is 32.1 Å². The Morgan fingerprint density at radius 2 is 2.10 bits per heavy atom. The Bertz CT molecular complexity index is 878. The van der Waals surface area contributed by atoms with Gasteiger partial charge in [0.05, 0.1) is 5.69 Å². The fraction of sp³-hybridized carbons (Fsp3) is 0.579. The number of primary amides is 1. The van der Waals surface area contributed by atoms with Crippen LogP contribution in [0, 0.1) is 23.9 Å². The molecule has 4 rings (SSSR count). The number of hydrogen-bond acceptors (Lipinski definition) is 6. The van der Waals surface area contributed by atoms with Crippen molar-refractivity contribution in [1.82, 2.24) is 5.32 Å². The maximum Gasteiger partial charge on any atom is 0.312 e. The van der Waals surface area contributed by atoms with Crippen molar-refractivity contribution in [1.29, 1.82) is 0 Å². The van der Waals surface area contributed by atoms with Crippen LogP contribution < -0.4 is 37.4 Å². The Balaban J connectivity index is 1.65. The van der Waals surface area contributed by atoms with E-state index in [1.807, 2.05) is 4.90 Å². The number of hydrogen-bond donors (Lipinski definition) is 5. The molecule has 0 spiro atoms. The van der Waals surface area contributed by atoms with Gasteiger partial charge >= 0.3 is 11.9 Å². The highest BCUT2D eigenvalue weighted by Gasteiger charge is 2.46. The number of urea groups is 1. The molecule has 2 fully saturated rings. The number of nitrogens with two attached hydrogens (primary N) is 3. The molecule has 0 bridgehead atoms. The van der Waals surface area contributed by atoms with Crippen molar-refractivity contribution < 1.29 is 19.0 Å². The molecule has 30 heavy (non-hydrogen) atoms. The molecule has 0 aromatic heterocycles. The van der Waals surface area contributed by atoms with Crippen LogP contribution in [0.25, 0.3) is 0 Å². The quantitative estimate of drug-likeness (QED) is 0.374. The van der Waals surface area contributed by atoms with Crippen LogP contribution in [0.4, 0.5) is 26.2 Å². The van der Waals surface area contributed by atoms with Crippen molar-refractivity contribution in [3.63, 3.8) is 0 Å². The van der Waals surface area contributed by atoms with E-state index < -0.39 is 29.0 Å². The fourth-order valence-electron chi connectivity index (χ4n) is 4.60. The average molecular weight is 421 g/mol. The lowest BCUT2D eigenvalue weighted by Gasteiger charge is -2.40. The van der Waals surface area contributed by atoms with E-state index in [2.05, 4.69) is 5.32 Å². The third kappa shape index (κ3) is 3.47. The minimum atomic E-state index is -1.28.